The minimum Gasteiger partial charge on any atom is -0.495 e. The molecule has 1 aromatic heterocycles. The fourth-order valence-corrected chi connectivity index (χ4v) is 2.97. The van der Waals surface area contributed by atoms with Crippen LogP contribution in [0.3, 0.4) is 0 Å². The van der Waals surface area contributed by atoms with Crippen molar-refractivity contribution in [2.45, 2.75) is 6.61 Å². The number of ether oxygens (including phenoxy) is 3. The maximum Gasteiger partial charge on any atom is 0.338 e. The van der Waals surface area contributed by atoms with Gasteiger partial charge in [-0.25, -0.2) is 9.18 Å². The normalized spacial score (nSPS) is 10.4. The van der Waals surface area contributed by atoms with Crippen LogP contribution < -0.4 is 20.5 Å². The molecule has 2 aromatic carbocycles. The molecule has 0 atom stereocenters. The number of nitrogens with one attached hydrogen (secondary N) is 1. The fraction of sp³-hybridized carbons (Fsp3) is 0.158. The van der Waals surface area contributed by atoms with E-state index >= 15 is 0 Å². The number of benzene rings is 2. The number of methoxy groups -OCH3 is 2. The van der Waals surface area contributed by atoms with E-state index in [0.29, 0.717) is 21.7 Å². The number of hydrogen-bond acceptors (Lipinski definition) is 9. The van der Waals surface area contributed by atoms with Gasteiger partial charge in [0, 0.05) is 5.69 Å². The highest BCUT2D eigenvalue weighted by Crippen LogP contribution is 2.35. The SMILES string of the molecule is COc1cc(C(=O)OCc2nc(N)nc(Nc3ccc(F)cc3)n2)cc(OC)c1Br. The number of carbonyl (C=O) groups excluding carboxylic acids is 1. The van der Waals surface area contributed by atoms with Gasteiger partial charge in [0.05, 0.1) is 19.8 Å². The topological polar surface area (TPSA) is 121 Å². The lowest BCUT2D eigenvalue weighted by Gasteiger charge is -2.11. The van der Waals surface area contributed by atoms with Crippen LogP contribution >= 0.6 is 15.9 Å². The van der Waals surface area contributed by atoms with E-state index in [0.717, 1.165) is 0 Å². The molecule has 11 heteroatoms. The molecular formula is C19H17BrFN5O4. The fourth-order valence-electron chi connectivity index (χ4n) is 2.42. The van der Waals surface area contributed by atoms with Crippen molar-refractivity contribution in [1.82, 2.24) is 15.0 Å². The molecule has 3 N–H and O–H groups in total. The maximum absolute atomic E-state index is 13.0. The number of carbonyl (C=O) groups is 1. The number of nitrogen functional groups attached to an aromatic ring is 1. The number of nitrogens with zero attached hydrogens (tertiary/aromatic N) is 3. The molecule has 0 fully saturated rings. The summed E-state index contributed by atoms with van der Waals surface area (Å²) in [5, 5.41) is 2.88. The third kappa shape index (κ3) is 5.11. The molecule has 9 nitrogen and oxygen atoms in total. The smallest absolute Gasteiger partial charge is 0.338 e. The molecule has 0 radical (unpaired) electrons. The number of esters is 1. The largest absolute Gasteiger partial charge is 0.495 e. The van der Waals surface area contributed by atoms with E-state index in [1.807, 2.05) is 0 Å². The summed E-state index contributed by atoms with van der Waals surface area (Å²) in [6.45, 7) is -0.246. The summed E-state index contributed by atoms with van der Waals surface area (Å²) in [6.07, 6.45) is 0. The third-order valence-corrected chi connectivity index (χ3v) is 4.59. The number of halogens is 2. The Morgan fingerprint density at radius 2 is 1.73 bits per heavy atom. The van der Waals surface area contributed by atoms with Crippen molar-refractivity contribution in [1.29, 1.82) is 0 Å². The predicted molar refractivity (Wildman–Crippen MR) is 110 cm³/mol. The third-order valence-electron chi connectivity index (χ3n) is 3.81. The summed E-state index contributed by atoms with van der Waals surface area (Å²) < 4.78 is 29.3. The van der Waals surface area contributed by atoms with E-state index < -0.39 is 5.97 Å². The number of anilines is 3. The summed E-state index contributed by atoms with van der Waals surface area (Å²) in [6, 6.07) is 8.63. The Hall–Kier alpha value is -3.47. The first-order valence-electron chi connectivity index (χ1n) is 8.51. The van der Waals surface area contributed by atoms with E-state index in [4.69, 9.17) is 19.9 Å². The molecule has 0 saturated carbocycles. The second-order valence-corrected chi connectivity index (χ2v) is 6.63. The van der Waals surface area contributed by atoms with Crippen molar-refractivity contribution in [3.8, 4) is 11.5 Å². The maximum atomic E-state index is 13.0. The molecule has 0 unspecified atom stereocenters. The van der Waals surface area contributed by atoms with Crippen LogP contribution in [0, 0.1) is 5.82 Å². The first kappa shape index (κ1) is 21.2. The Bertz CT molecular complexity index is 1040. The van der Waals surface area contributed by atoms with E-state index in [2.05, 4.69) is 36.2 Å². The van der Waals surface area contributed by atoms with Gasteiger partial charge in [-0.05, 0) is 52.3 Å². The number of hydrogen-bond donors (Lipinski definition) is 2. The van der Waals surface area contributed by atoms with E-state index in [1.54, 1.807) is 0 Å². The van der Waals surface area contributed by atoms with Crippen molar-refractivity contribution < 1.29 is 23.4 Å². The van der Waals surface area contributed by atoms with Gasteiger partial charge in [-0.2, -0.15) is 15.0 Å². The second kappa shape index (κ2) is 9.35. The van der Waals surface area contributed by atoms with Crippen LogP contribution in [-0.2, 0) is 11.3 Å². The highest BCUT2D eigenvalue weighted by molar-refractivity contribution is 9.10. The van der Waals surface area contributed by atoms with Gasteiger partial charge in [-0.1, -0.05) is 0 Å². The Kier molecular flexibility index (Phi) is 6.62. The first-order valence-corrected chi connectivity index (χ1v) is 9.30. The molecule has 0 aliphatic heterocycles. The van der Waals surface area contributed by atoms with Gasteiger partial charge in [0.15, 0.2) is 12.4 Å². The molecule has 30 heavy (non-hydrogen) atoms. The molecule has 1 heterocycles. The molecule has 0 amide bonds. The van der Waals surface area contributed by atoms with Crippen molar-refractivity contribution in [3.63, 3.8) is 0 Å². The Labute approximate surface area is 179 Å². The van der Waals surface area contributed by atoms with E-state index in [9.17, 15) is 9.18 Å². The van der Waals surface area contributed by atoms with Gasteiger partial charge in [-0.15, -0.1) is 0 Å². The average Bonchev–Trinajstić information content (AvgIpc) is 2.73. The zero-order valence-electron chi connectivity index (χ0n) is 16.0. The van der Waals surface area contributed by atoms with Crippen LogP contribution in [0.4, 0.5) is 22.0 Å². The Balaban J connectivity index is 1.73. The Morgan fingerprint density at radius 1 is 1.10 bits per heavy atom. The molecule has 0 bridgehead atoms. The summed E-state index contributed by atoms with van der Waals surface area (Å²) in [7, 11) is 2.94. The molecule has 0 aliphatic carbocycles. The minimum absolute atomic E-state index is 0.0624. The van der Waals surface area contributed by atoms with E-state index in [1.165, 1.54) is 50.6 Å². The lowest BCUT2D eigenvalue weighted by molar-refractivity contribution is 0.0461. The van der Waals surface area contributed by atoms with Crippen LogP contribution in [0.5, 0.6) is 11.5 Å². The molecule has 0 saturated heterocycles. The summed E-state index contributed by atoms with van der Waals surface area (Å²) in [5.74, 6) is 0.0277. The summed E-state index contributed by atoms with van der Waals surface area (Å²) >= 11 is 3.34. The molecule has 3 rings (SSSR count). The van der Waals surface area contributed by atoms with Crippen LogP contribution in [0.2, 0.25) is 0 Å². The van der Waals surface area contributed by atoms with Gasteiger partial charge >= 0.3 is 5.97 Å². The van der Waals surface area contributed by atoms with Gasteiger partial charge in [0.2, 0.25) is 11.9 Å². The first-order chi connectivity index (χ1) is 14.4. The summed E-state index contributed by atoms with van der Waals surface area (Å²) in [5.41, 5.74) is 6.48. The van der Waals surface area contributed by atoms with Crippen LogP contribution in [0.15, 0.2) is 40.9 Å². The Morgan fingerprint density at radius 3 is 2.33 bits per heavy atom. The monoisotopic (exact) mass is 477 g/mol. The van der Waals surface area contributed by atoms with Gasteiger partial charge in [-0.3, -0.25) is 0 Å². The zero-order valence-corrected chi connectivity index (χ0v) is 17.6. The van der Waals surface area contributed by atoms with Crippen molar-refractivity contribution in [3.05, 3.63) is 58.1 Å². The zero-order chi connectivity index (χ0) is 21.7. The van der Waals surface area contributed by atoms with Crippen molar-refractivity contribution in [2.75, 3.05) is 25.3 Å². The average molecular weight is 478 g/mol. The summed E-state index contributed by atoms with van der Waals surface area (Å²) in [4.78, 5) is 24.5. The number of aromatic nitrogens is 3. The van der Waals surface area contributed by atoms with Crippen LogP contribution in [-0.4, -0.2) is 35.1 Å². The number of nitrogens with two attached hydrogens (primary N) is 1. The lowest BCUT2D eigenvalue weighted by atomic mass is 10.2. The number of rotatable bonds is 7. The molecule has 156 valence electrons. The van der Waals surface area contributed by atoms with Crippen LogP contribution in [0.1, 0.15) is 16.2 Å². The van der Waals surface area contributed by atoms with Crippen molar-refractivity contribution >= 4 is 39.5 Å². The molecule has 0 spiro atoms. The minimum atomic E-state index is -0.633. The lowest BCUT2D eigenvalue weighted by Crippen LogP contribution is -2.11. The van der Waals surface area contributed by atoms with Gasteiger partial charge in [0.1, 0.15) is 21.8 Å². The van der Waals surface area contributed by atoms with Gasteiger partial charge in [0.25, 0.3) is 0 Å². The molecule has 0 aliphatic rings. The predicted octanol–water partition coefficient (Wildman–Crippen LogP) is 3.47. The van der Waals surface area contributed by atoms with E-state index in [-0.39, 0.29) is 35.7 Å². The quantitative estimate of drug-likeness (QED) is 0.492. The standard InChI is InChI=1S/C19H17BrFN5O4/c1-28-13-7-10(8-14(29-2)16(13)20)17(27)30-9-15-24-18(22)26-19(25-15)23-12-5-3-11(21)4-6-12/h3-8H,9H2,1-2H3,(H3,22,23,24,25,26). The highest BCUT2D eigenvalue weighted by Gasteiger charge is 2.16. The second-order valence-electron chi connectivity index (χ2n) is 5.84. The molecular weight excluding hydrogens is 461 g/mol. The van der Waals surface area contributed by atoms with Gasteiger partial charge < -0.3 is 25.3 Å². The highest BCUT2D eigenvalue weighted by atomic mass is 79.9. The van der Waals surface area contributed by atoms with Crippen LogP contribution in [0.25, 0.3) is 0 Å². The van der Waals surface area contributed by atoms with Crippen molar-refractivity contribution in [2.24, 2.45) is 0 Å². The molecule has 3 aromatic rings.